The lowest BCUT2D eigenvalue weighted by molar-refractivity contribution is 0.102. The van der Waals surface area contributed by atoms with Crippen LogP contribution in [0.15, 0.2) is 36.7 Å². The van der Waals surface area contributed by atoms with Crippen LogP contribution in [0.25, 0.3) is 0 Å². The van der Waals surface area contributed by atoms with Crippen molar-refractivity contribution in [1.82, 2.24) is 9.97 Å². The standard InChI is InChI=1S/C17H22N4O/c1-4-5-9-21(3)16-12-18-15(11-19-16)17(22)20-14-8-6-7-13(2)10-14/h6-8,10-12H,4-5,9H2,1-3H3,(H,20,22). The Morgan fingerprint density at radius 1 is 1.27 bits per heavy atom. The van der Waals surface area contributed by atoms with Gasteiger partial charge in [0.05, 0.1) is 12.4 Å². The SMILES string of the molecule is CCCCN(C)c1cnc(C(=O)Nc2cccc(C)c2)cn1. The van der Waals surface area contributed by atoms with Crippen LogP contribution >= 0.6 is 0 Å². The first-order chi connectivity index (χ1) is 10.6. The van der Waals surface area contributed by atoms with E-state index in [1.165, 1.54) is 6.20 Å². The number of rotatable bonds is 6. The molecule has 0 unspecified atom stereocenters. The summed E-state index contributed by atoms with van der Waals surface area (Å²) < 4.78 is 0. The van der Waals surface area contributed by atoms with E-state index in [4.69, 9.17) is 0 Å². The van der Waals surface area contributed by atoms with E-state index in [-0.39, 0.29) is 5.91 Å². The lowest BCUT2D eigenvalue weighted by atomic mass is 10.2. The zero-order chi connectivity index (χ0) is 15.9. The molecule has 0 saturated heterocycles. The summed E-state index contributed by atoms with van der Waals surface area (Å²) in [4.78, 5) is 22.7. The second kappa shape index (κ2) is 7.54. The maximum absolute atomic E-state index is 12.2. The fourth-order valence-corrected chi connectivity index (χ4v) is 2.06. The first-order valence-electron chi connectivity index (χ1n) is 7.51. The van der Waals surface area contributed by atoms with Crippen molar-refractivity contribution >= 4 is 17.4 Å². The molecule has 0 aliphatic carbocycles. The van der Waals surface area contributed by atoms with Crippen molar-refractivity contribution in [3.8, 4) is 0 Å². The number of anilines is 2. The molecule has 5 nitrogen and oxygen atoms in total. The summed E-state index contributed by atoms with van der Waals surface area (Å²) >= 11 is 0. The van der Waals surface area contributed by atoms with Crippen molar-refractivity contribution in [2.24, 2.45) is 0 Å². The Bertz CT molecular complexity index is 625. The Hall–Kier alpha value is -2.43. The van der Waals surface area contributed by atoms with Crippen LogP contribution in [0.5, 0.6) is 0 Å². The highest BCUT2D eigenvalue weighted by atomic mass is 16.1. The van der Waals surface area contributed by atoms with Gasteiger partial charge in [0.15, 0.2) is 0 Å². The van der Waals surface area contributed by atoms with Crippen molar-refractivity contribution in [2.45, 2.75) is 26.7 Å². The highest BCUT2D eigenvalue weighted by Crippen LogP contribution is 2.12. The van der Waals surface area contributed by atoms with Crippen LogP contribution in [-0.4, -0.2) is 29.5 Å². The van der Waals surface area contributed by atoms with Gasteiger partial charge < -0.3 is 10.2 Å². The van der Waals surface area contributed by atoms with Gasteiger partial charge in [-0.2, -0.15) is 0 Å². The molecule has 0 spiro atoms. The van der Waals surface area contributed by atoms with E-state index in [1.54, 1.807) is 6.20 Å². The molecule has 1 amide bonds. The number of hydrogen-bond donors (Lipinski definition) is 1. The molecule has 0 aliphatic rings. The molecule has 1 N–H and O–H groups in total. The highest BCUT2D eigenvalue weighted by molar-refractivity contribution is 6.02. The molecule has 0 radical (unpaired) electrons. The Balaban J connectivity index is 2.02. The van der Waals surface area contributed by atoms with E-state index in [0.717, 1.165) is 36.5 Å². The van der Waals surface area contributed by atoms with Crippen LogP contribution in [0.3, 0.4) is 0 Å². The van der Waals surface area contributed by atoms with Gasteiger partial charge in [-0.15, -0.1) is 0 Å². The third-order valence-electron chi connectivity index (χ3n) is 3.38. The number of benzene rings is 1. The van der Waals surface area contributed by atoms with Gasteiger partial charge in [0.1, 0.15) is 11.5 Å². The lowest BCUT2D eigenvalue weighted by Crippen LogP contribution is -2.21. The second-order valence-corrected chi connectivity index (χ2v) is 5.36. The summed E-state index contributed by atoms with van der Waals surface area (Å²) in [6.45, 7) is 5.06. The van der Waals surface area contributed by atoms with Gasteiger partial charge in [0.25, 0.3) is 5.91 Å². The first-order valence-corrected chi connectivity index (χ1v) is 7.51. The number of hydrogen-bond acceptors (Lipinski definition) is 4. The van der Waals surface area contributed by atoms with Gasteiger partial charge in [-0.1, -0.05) is 25.5 Å². The Morgan fingerprint density at radius 3 is 2.73 bits per heavy atom. The van der Waals surface area contributed by atoms with Crippen molar-refractivity contribution in [2.75, 3.05) is 23.8 Å². The zero-order valence-electron chi connectivity index (χ0n) is 13.3. The third kappa shape index (κ3) is 4.28. The molecule has 0 saturated carbocycles. The van der Waals surface area contributed by atoms with Crippen molar-refractivity contribution in [3.63, 3.8) is 0 Å². The van der Waals surface area contributed by atoms with Gasteiger partial charge in [-0.25, -0.2) is 9.97 Å². The molecule has 22 heavy (non-hydrogen) atoms. The molecule has 0 aliphatic heterocycles. The van der Waals surface area contributed by atoms with Crippen LogP contribution in [0.4, 0.5) is 11.5 Å². The Morgan fingerprint density at radius 2 is 2.09 bits per heavy atom. The Labute approximate surface area is 131 Å². The topological polar surface area (TPSA) is 58.1 Å². The molecule has 5 heteroatoms. The minimum atomic E-state index is -0.249. The van der Waals surface area contributed by atoms with Gasteiger partial charge in [-0.3, -0.25) is 4.79 Å². The van der Waals surface area contributed by atoms with Gasteiger partial charge >= 0.3 is 0 Å². The summed E-state index contributed by atoms with van der Waals surface area (Å²) in [5.41, 5.74) is 2.17. The molecule has 0 fully saturated rings. The first kappa shape index (κ1) is 15.9. The minimum Gasteiger partial charge on any atom is -0.358 e. The average molecular weight is 298 g/mol. The molecule has 2 rings (SSSR count). The van der Waals surface area contributed by atoms with Crippen molar-refractivity contribution < 1.29 is 4.79 Å². The molecule has 2 aromatic rings. The van der Waals surface area contributed by atoms with Crippen LogP contribution in [0.2, 0.25) is 0 Å². The maximum atomic E-state index is 12.2. The zero-order valence-corrected chi connectivity index (χ0v) is 13.3. The molecular weight excluding hydrogens is 276 g/mol. The molecule has 1 aromatic heterocycles. The third-order valence-corrected chi connectivity index (χ3v) is 3.38. The van der Waals surface area contributed by atoms with Crippen LogP contribution < -0.4 is 10.2 Å². The predicted molar refractivity (Wildman–Crippen MR) is 89.3 cm³/mol. The van der Waals surface area contributed by atoms with Gasteiger partial charge in [0.2, 0.25) is 0 Å². The van der Waals surface area contributed by atoms with Gasteiger partial charge in [0, 0.05) is 19.3 Å². The molecule has 0 bridgehead atoms. The largest absolute Gasteiger partial charge is 0.358 e. The number of amides is 1. The lowest BCUT2D eigenvalue weighted by Gasteiger charge is -2.17. The second-order valence-electron chi connectivity index (χ2n) is 5.36. The number of carbonyl (C=O) groups excluding carboxylic acids is 1. The molecule has 116 valence electrons. The fraction of sp³-hybridized carbons (Fsp3) is 0.353. The summed E-state index contributed by atoms with van der Waals surface area (Å²) in [5.74, 6) is 0.529. The van der Waals surface area contributed by atoms with E-state index in [2.05, 4.69) is 22.2 Å². The molecular formula is C17H22N4O. The van der Waals surface area contributed by atoms with Crippen LogP contribution in [-0.2, 0) is 0 Å². The van der Waals surface area contributed by atoms with E-state index >= 15 is 0 Å². The number of nitrogens with one attached hydrogen (secondary N) is 1. The summed E-state index contributed by atoms with van der Waals surface area (Å²) in [5, 5.41) is 2.83. The monoisotopic (exact) mass is 298 g/mol. The van der Waals surface area contributed by atoms with Crippen LogP contribution in [0.1, 0.15) is 35.8 Å². The van der Waals surface area contributed by atoms with Crippen LogP contribution in [0, 0.1) is 6.92 Å². The van der Waals surface area contributed by atoms with E-state index in [1.807, 2.05) is 43.1 Å². The number of aromatic nitrogens is 2. The van der Waals surface area contributed by atoms with E-state index < -0.39 is 0 Å². The summed E-state index contributed by atoms with van der Waals surface area (Å²) in [7, 11) is 1.98. The van der Waals surface area contributed by atoms with Crippen molar-refractivity contribution in [1.29, 1.82) is 0 Å². The summed E-state index contributed by atoms with van der Waals surface area (Å²) in [6, 6.07) is 7.66. The predicted octanol–water partition coefficient (Wildman–Crippen LogP) is 3.27. The van der Waals surface area contributed by atoms with E-state index in [9.17, 15) is 4.79 Å². The number of carbonyl (C=O) groups is 1. The van der Waals surface area contributed by atoms with Gasteiger partial charge in [-0.05, 0) is 31.0 Å². The summed E-state index contributed by atoms with van der Waals surface area (Å²) in [6.07, 6.45) is 5.40. The highest BCUT2D eigenvalue weighted by Gasteiger charge is 2.10. The number of nitrogens with zero attached hydrogens (tertiary/aromatic N) is 3. The normalized spacial score (nSPS) is 10.3. The molecule has 1 heterocycles. The molecule has 0 atom stereocenters. The quantitative estimate of drug-likeness (QED) is 0.889. The number of aryl methyl sites for hydroxylation is 1. The smallest absolute Gasteiger partial charge is 0.275 e. The van der Waals surface area contributed by atoms with E-state index in [0.29, 0.717) is 5.69 Å². The maximum Gasteiger partial charge on any atom is 0.275 e. The van der Waals surface area contributed by atoms with Crippen molar-refractivity contribution in [3.05, 3.63) is 47.9 Å². The molecule has 1 aromatic carbocycles. The number of unbranched alkanes of at least 4 members (excludes halogenated alkanes) is 1. The minimum absolute atomic E-state index is 0.249. The fourth-order valence-electron chi connectivity index (χ4n) is 2.06. The Kier molecular flexibility index (Phi) is 5.47. The average Bonchev–Trinajstić information content (AvgIpc) is 2.52.